The lowest BCUT2D eigenvalue weighted by atomic mass is 10.0. The van der Waals surface area contributed by atoms with E-state index in [0.29, 0.717) is 22.5 Å². The van der Waals surface area contributed by atoms with Crippen molar-refractivity contribution in [2.24, 2.45) is 0 Å². The maximum atomic E-state index is 14.1. The van der Waals surface area contributed by atoms with Crippen LogP contribution in [0, 0.1) is 12.7 Å². The van der Waals surface area contributed by atoms with Crippen LogP contribution in [-0.2, 0) is 13.0 Å². The molecule has 31 heavy (non-hydrogen) atoms. The highest BCUT2D eigenvalue weighted by atomic mass is 35.5. The van der Waals surface area contributed by atoms with Crippen LogP contribution in [0.5, 0.6) is 5.75 Å². The molecule has 0 saturated heterocycles. The number of nitrogens with zero attached hydrogens (tertiary/aromatic N) is 2. The SMILES string of the molecule is Cc1cccc(Cc2n[nH]c3cc(O)c(C(=O)N(C)Cc4ccc(Cl)cc4F)cc23)c1. The number of aromatic nitrogens is 2. The summed E-state index contributed by atoms with van der Waals surface area (Å²) in [5.74, 6) is -1.06. The number of amides is 1. The molecule has 158 valence electrons. The fraction of sp³-hybridized carbons (Fsp3) is 0.167. The summed E-state index contributed by atoms with van der Waals surface area (Å²) >= 11 is 5.80. The van der Waals surface area contributed by atoms with Crippen molar-refractivity contribution in [1.29, 1.82) is 0 Å². The Morgan fingerprint density at radius 1 is 1.19 bits per heavy atom. The van der Waals surface area contributed by atoms with Gasteiger partial charge in [-0.25, -0.2) is 4.39 Å². The number of hydrogen-bond acceptors (Lipinski definition) is 3. The number of halogens is 2. The van der Waals surface area contributed by atoms with Crippen LogP contribution in [0.1, 0.15) is 32.7 Å². The van der Waals surface area contributed by atoms with Gasteiger partial charge < -0.3 is 10.0 Å². The molecule has 1 heterocycles. The Hall–Kier alpha value is -3.38. The van der Waals surface area contributed by atoms with E-state index in [1.165, 1.54) is 17.0 Å². The molecule has 2 N–H and O–H groups in total. The van der Waals surface area contributed by atoms with E-state index < -0.39 is 11.7 Å². The van der Waals surface area contributed by atoms with Crippen LogP contribution >= 0.6 is 11.6 Å². The zero-order chi connectivity index (χ0) is 22.1. The van der Waals surface area contributed by atoms with Crippen molar-refractivity contribution < 1.29 is 14.3 Å². The molecular weight excluding hydrogens is 417 g/mol. The van der Waals surface area contributed by atoms with Gasteiger partial charge in [0.15, 0.2) is 0 Å². The zero-order valence-corrected chi connectivity index (χ0v) is 17.9. The lowest BCUT2D eigenvalue weighted by Crippen LogP contribution is -2.26. The molecule has 5 nitrogen and oxygen atoms in total. The maximum Gasteiger partial charge on any atom is 0.257 e. The number of nitrogens with one attached hydrogen (secondary N) is 1. The zero-order valence-electron chi connectivity index (χ0n) is 17.1. The van der Waals surface area contributed by atoms with Crippen molar-refractivity contribution >= 4 is 28.4 Å². The highest BCUT2D eigenvalue weighted by Crippen LogP contribution is 2.28. The number of rotatable bonds is 5. The molecule has 0 unspecified atom stereocenters. The van der Waals surface area contributed by atoms with Crippen LogP contribution < -0.4 is 0 Å². The average Bonchev–Trinajstić information content (AvgIpc) is 3.10. The summed E-state index contributed by atoms with van der Waals surface area (Å²) in [6.45, 7) is 2.07. The number of carbonyl (C=O) groups is 1. The molecule has 7 heteroatoms. The van der Waals surface area contributed by atoms with Gasteiger partial charge in [0.25, 0.3) is 5.91 Å². The molecule has 0 radical (unpaired) electrons. The predicted octanol–water partition coefficient (Wildman–Crippen LogP) is 5.23. The minimum atomic E-state index is -0.484. The van der Waals surface area contributed by atoms with Crippen molar-refractivity contribution in [2.45, 2.75) is 19.9 Å². The van der Waals surface area contributed by atoms with E-state index >= 15 is 0 Å². The number of phenols is 1. The largest absolute Gasteiger partial charge is 0.507 e. The first kappa shape index (κ1) is 20.9. The smallest absolute Gasteiger partial charge is 0.257 e. The molecule has 0 spiro atoms. The third-order valence-corrected chi connectivity index (χ3v) is 5.45. The first-order valence-corrected chi connectivity index (χ1v) is 10.1. The third-order valence-electron chi connectivity index (χ3n) is 5.21. The number of benzene rings is 3. The van der Waals surface area contributed by atoms with Gasteiger partial charge in [0.2, 0.25) is 0 Å². The monoisotopic (exact) mass is 437 g/mol. The van der Waals surface area contributed by atoms with Crippen LogP contribution in [0.3, 0.4) is 0 Å². The van der Waals surface area contributed by atoms with E-state index in [0.717, 1.165) is 22.2 Å². The van der Waals surface area contributed by atoms with Crippen LogP contribution in [0.15, 0.2) is 54.6 Å². The van der Waals surface area contributed by atoms with Crippen molar-refractivity contribution in [3.05, 3.63) is 93.4 Å². The number of hydrogen-bond donors (Lipinski definition) is 2. The van der Waals surface area contributed by atoms with Crippen LogP contribution in [0.2, 0.25) is 5.02 Å². The number of phenolic OH excluding ortho intramolecular Hbond substituents is 1. The number of aromatic hydroxyl groups is 1. The van der Waals surface area contributed by atoms with E-state index in [4.69, 9.17) is 11.6 Å². The second kappa shape index (κ2) is 8.40. The van der Waals surface area contributed by atoms with Crippen molar-refractivity contribution in [3.63, 3.8) is 0 Å². The summed E-state index contributed by atoms with van der Waals surface area (Å²) in [5.41, 5.74) is 4.15. The van der Waals surface area contributed by atoms with Crippen molar-refractivity contribution in [1.82, 2.24) is 15.1 Å². The van der Waals surface area contributed by atoms with Crippen LogP contribution in [0.4, 0.5) is 4.39 Å². The number of aryl methyl sites for hydroxylation is 1. The molecule has 4 rings (SSSR count). The van der Waals surface area contributed by atoms with Gasteiger partial charge in [-0.2, -0.15) is 5.10 Å². The Kier molecular flexibility index (Phi) is 5.65. The summed E-state index contributed by atoms with van der Waals surface area (Å²) < 4.78 is 14.1. The fourth-order valence-corrected chi connectivity index (χ4v) is 3.77. The Morgan fingerprint density at radius 2 is 2.00 bits per heavy atom. The second-order valence-electron chi connectivity index (χ2n) is 7.65. The molecule has 0 aliphatic carbocycles. The Balaban J connectivity index is 1.63. The van der Waals surface area contributed by atoms with Gasteiger partial charge in [0.1, 0.15) is 11.6 Å². The lowest BCUT2D eigenvalue weighted by molar-refractivity contribution is 0.0781. The molecule has 0 atom stereocenters. The molecule has 0 aliphatic rings. The Labute approximate surface area is 184 Å². The first-order chi connectivity index (χ1) is 14.8. The summed E-state index contributed by atoms with van der Waals surface area (Å²) in [6, 6.07) is 15.6. The molecule has 0 aliphatic heterocycles. The predicted molar refractivity (Wildman–Crippen MR) is 119 cm³/mol. The molecular formula is C24H21ClFN3O2. The molecule has 1 aromatic heterocycles. The normalized spacial score (nSPS) is 11.1. The van der Waals surface area contributed by atoms with Gasteiger partial charge >= 0.3 is 0 Å². The first-order valence-electron chi connectivity index (χ1n) is 9.76. The molecule has 0 saturated carbocycles. The van der Waals surface area contributed by atoms with Gasteiger partial charge in [-0.05, 0) is 30.7 Å². The van der Waals surface area contributed by atoms with Crippen LogP contribution in [0.25, 0.3) is 10.9 Å². The molecule has 0 fully saturated rings. The highest BCUT2D eigenvalue weighted by molar-refractivity contribution is 6.30. The van der Waals surface area contributed by atoms with Gasteiger partial charge in [-0.3, -0.25) is 9.89 Å². The van der Waals surface area contributed by atoms with Gasteiger partial charge in [0.05, 0.1) is 16.8 Å². The van der Waals surface area contributed by atoms with E-state index in [1.807, 2.05) is 25.1 Å². The van der Waals surface area contributed by atoms with E-state index in [1.54, 1.807) is 25.2 Å². The van der Waals surface area contributed by atoms with Crippen LogP contribution in [-0.4, -0.2) is 33.2 Å². The van der Waals surface area contributed by atoms with Crippen molar-refractivity contribution in [3.8, 4) is 5.75 Å². The number of carbonyl (C=O) groups excluding carboxylic acids is 1. The highest BCUT2D eigenvalue weighted by Gasteiger charge is 2.20. The van der Waals surface area contributed by atoms with E-state index in [2.05, 4.69) is 16.3 Å². The molecule has 3 aromatic carbocycles. The minimum absolute atomic E-state index is 0.0425. The third kappa shape index (κ3) is 4.39. The van der Waals surface area contributed by atoms with E-state index in [9.17, 15) is 14.3 Å². The standard InChI is InChI=1S/C24H21ClFN3O2/c1-14-4-3-5-15(8-14)9-21-18-11-19(23(30)12-22(18)28-27-21)24(31)29(2)13-16-6-7-17(25)10-20(16)26/h3-8,10-12,30H,9,13H2,1-2H3,(H,27,28). The molecule has 4 aromatic rings. The topological polar surface area (TPSA) is 69.2 Å². The van der Waals surface area contributed by atoms with Gasteiger partial charge in [-0.1, -0.05) is 47.5 Å². The Bertz CT molecular complexity index is 1290. The number of H-pyrrole nitrogens is 1. The lowest BCUT2D eigenvalue weighted by Gasteiger charge is -2.18. The van der Waals surface area contributed by atoms with Gasteiger partial charge in [0, 0.05) is 42.1 Å². The summed E-state index contributed by atoms with van der Waals surface area (Å²) in [5, 5.41) is 18.8. The maximum absolute atomic E-state index is 14.1. The second-order valence-corrected chi connectivity index (χ2v) is 8.08. The number of aromatic amines is 1. The Morgan fingerprint density at radius 3 is 2.74 bits per heavy atom. The summed E-state index contributed by atoms with van der Waals surface area (Å²) in [7, 11) is 1.56. The summed E-state index contributed by atoms with van der Waals surface area (Å²) in [4.78, 5) is 14.4. The van der Waals surface area contributed by atoms with Gasteiger partial charge in [-0.15, -0.1) is 0 Å². The molecule has 1 amide bonds. The number of fused-ring (bicyclic) bond motifs is 1. The summed E-state index contributed by atoms with van der Waals surface area (Å²) in [6.07, 6.45) is 0.589. The molecule has 0 bridgehead atoms. The quantitative estimate of drug-likeness (QED) is 0.449. The average molecular weight is 438 g/mol. The van der Waals surface area contributed by atoms with E-state index in [-0.39, 0.29) is 17.9 Å². The van der Waals surface area contributed by atoms with Crippen molar-refractivity contribution in [2.75, 3.05) is 7.05 Å². The minimum Gasteiger partial charge on any atom is -0.507 e. The fourth-order valence-electron chi connectivity index (χ4n) is 3.61.